The van der Waals surface area contributed by atoms with Crippen LogP contribution in [0.1, 0.15) is 29.5 Å². The fourth-order valence-electron chi connectivity index (χ4n) is 3.70. The van der Waals surface area contributed by atoms with Gasteiger partial charge >= 0.3 is 0 Å². The first-order valence-electron chi connectivity index (χ1n) is 11.4. The summed E-state index contributed by atoms with van der Waals surface area (Å²) in [5, 5.41) is 3.36. The van der Waals surface area contributed by atoms with Crippen molar-refractivity contribution < 1.29 is 14.3 Å². The molecule has 0 unspecified atom stereocenters. The SMILES string of the molecule is CNC(=O)[C@H](Cc1ccccc1)N(Cc1ccc(Cl)cc1)C(=O)CCCOc1ccc(C)cc1. The van der Waals surface area contributed by atoms with Crippen LogP contribution < -0.4 is 10.1 Å². The third-order valence-electron chi connectivity index (χ3n) is 5.61. The zero-order chi connectivity index (χ0) is 24.3. The lowest BCUT2D eigenvalue weighted by atomic mass is 10.0. The smallest absolute Gasteiger partial charge is 0.242 e. The van der Waals surface area contributed by atoms with E-state index in [1.165, 1.54) is 5.56 Å². The lowest BCUT2D eigenvalue weighted by Crippen LogP contribution is -2.49. The van der Waals surface area contributed by atoms with Gasteiger partial charge in [-0.1, -0.05) is 71.8 Å². The number of rotatable bonds is 11. The lowest BCUT2D eigenvalue weighted by molar-refractivity contribution is -0.141. The van der Waals surface area contributed by atoms with E-state index in [-0.39, 0.29) is 18.2 Å². The molecule has 0 aromatic heterocycles. The van der Waals surface area contributed by atoms with Gasteiger partial charge < -0.3 is 15.0 Å². The zero-order valence-corrected chi connectivity index (χ0v) is 20.4. The van der Waals surface area contributed by atoms with Crippen LogP contribution in [0.4, 0.5) is 0 Å². The Morgan fingerprint density at radius 3 is 2.26 bits per heavy atom. The van der Waals surface area contributed by atoms with Crippen LogP contribution in [-0.4, -0.2) is 36.4 Å². The molecule has 34 heavy (non-hydrogen) atoms. The van der Waals surface area contributed by atoms with E-state index >= 15 is 0 Å². The van der Waals surface area contributed by atoms with E-state index in [0.29, 0.717) is 31.0 Å². The number of benzene rings is 3. The Hall–Kier alpha value is -3.31. The average Bonchev–Trinajstić information content (AvgIpc) is 2.86. The van der Waals surface area contributed by atoms with E-state index in [0.717, 1.165) is 16.9 Å². The highest BCUT2D eigenvalue weighted by Crippen LogP contribution is 2.18. The summed E-state index contributed by atoms with van der Waals surface area (Å²) in [4.78, 5) is 28.0. The van der Waals surface area contributed by atoms with Gasteiger partial charge in [0, 0.05) is 31.5 Å². The lowest BCUT2D eigenvalue weighted by Gasteiger charge is -2.31. The summed E-state index contributed by atoms with van der Waals surface area (Å²) in [5.74, 6) is 0.498. The average molecular weight is 479 g/mol. The molecule has 0 bridgehead atoms. The van der Waals surface area contributed by atoms with Crippen LogP contribution in [-0.2, 0) is 22.6 Å². The van der Waals surface area contributed by atoms with Gasteiger partial charge in [0.15, 0.2) is 0 Å². The maximum atomic E-state index is 13.4. The maximum absolute atomic E-state index is 13.4. The molecule has 0 aliphatic carbocycles. The van der Waals surface area contributed by atoms with Crippen molar-refractivity contribution in [1.29, 1.82) is 0 Å². The molecular formula is C28H31ClN2O3. The molecular weight excluding hydrogens is 448 g/mol. The molecule has 0 saturated heterocycles. The van der Waals surface area contributed by atoms with Crippen molar-refractivity contribution in [2.24, 2.45) is 0 Å². The quantitative estimate of drug-likeness (QED) is 0.386. The van der Waals surface area contributed by atoms with Gasteiger partial charge in [0.05, 0.1) is 6.61 Å². The summed E-state index contributed by atoms with van der Waals surface area (Å²) >= 11 is 6.04. The van der Waals surface area contributed by atoms with E-state index in [4.69, 9.17) is 16.3 Å². The Morgan fingerprint density at radius 2 is 1.62 bits per heavy atom. The van der Waals surface area contributed by atoms with Crippen LogP contribution in [0.2, 0.25) is 5.02 Å². The molecule has 0 spiro atoms. The summed E-state index contributed by atoms with van der Waals surface area (Å²) in [6.07, 6.45) is 1.26. The number of hydrogen-bond donors (Lipinski definition) is 1. The van der Waals surface area contributed by atoms with Crippen LogP contribution in [0.25, 0.3) is 0 Å². The number of nitrogens with zero attached hydrogens (tertiary/aromatic N) is 1. The fourth-order valence-corrected chi connectivity index (χ4v) is 3.82. The molecule has 0 fully saturated rings. The summed E-state index contributed by atoms with van der Waals surface area (Å²) in [7, 11) is 1.60. The number of hydrogen-bond acceptors (Lipinski definition) is 3. The van der Waals surface area contributed by atoms with Crippen LogP contribution >= 0.6 is 11.6 Å². The second-order valence-electron chi connectivity index (χ2n) is 8.23. The summed E-state index contributed by atoms with van der Waals surface area (Å²) in [6.45, 7) is 2.77. The number of likely N-dealkylation sites (N-methyl/N-ethyl adjacent to an activating group) is 1. The molecule has 6 heteroatoms. The molecule has 2 amide bonds. The van der Waals surface area contributed by atoms with Crippen molar-refractivity contribution in [2.45, 2.75) is 38.8 Å². The Kier molecular flexibility index (Phi) is 9.53. The summed E-state index contributed by atoms with van der Waals surface area (Å²) in [6, 6.07) is 24.3. The molecule has 3 aromatic carbocycles. The minimum Gasteiger partial charge on any atom is -0.494 e. The predicted octanol–water partition coefficient (Wildman–Crippen LogP) is 5.19. The highest BCUT2D eigenvalue weighted by atomic mass is 35.5. The molecule has 3 aromatic rings. The number of nitrogens with one attached hydrogen (secondary N) is 1. The number of carbonyl (C=O) groups excluding carboxylic acids is 2. The predicted molar refractivity (Wildman–Crippen MR) is 136 cm³/mol. The summed E-state index contributed by atoms with van der Waals surface area (Å²) < 4.78 is 5.78. The molecule has 1 N–H and O–H groups in total. The van der Waals surface area contributed by atoms with Crippen molar-refractivity contribution in [1.82, 2.24) is 10.2 Å². The van der Waals surface area contributed by atoms with Gasteiger partial charge in [0.1, 0.15) is 11.8 Å². The zero-order valence-electron chi connectivity index (χ0n) is 19.7. The Morgan fingerprint density at radius 1 is 0.941 bits per heavy atom. The van der Waals surface area contributed by atoms with Crippen molar-refractivity contribution >= 4 is 23.4 Å². The molecule has 0 aliphatic heterocycles. The third kappa shape index (κ3) is 7.63. The molecule has 3 rings (SSSR count). The largest absolute Gasteiger partial charge is 0.494 e. The minimum absolute atomic E-state index is 0.0908. The molecule has 1 atom stereocenters. The third-order valence-corrected chi connectivity index (χ3v) is 5.86. The second-order valence-corrected chi connectivity index (χ2v) is 8.67. The maximum Gasteiger partial charge on any atom is 0.242 e. The van der Waals surface area contributed by atoms with Crippen molar-refractivity contribution in [3.8, 4) is 5.75 Å². The summed E-state index contributed by atoms with van der Waals surface area (Å²) in [5.41, 5.74) is 3.07. The van der Waals surface area contributed by atoms with Crippen molar-refractivity contribution in [2.75, 3.05) is 13.7 Å². The molecule has 178 valence electrons. The van der Waals surface area contributed by atoms with Gasteiger partial charge in [0.25, 0.3) is 0 Å². The van der Waals surface area contributed by atoms with Crippen molar-refractivity contribution in [3.05, 3.63) is 101 Å². The molecule has 0 aliphatic rings. The first-order valence-corrected chi connectivity index (χ1v) is 11.8. The van der Waals surface area contributed by atoms with E-state index in [2.05, 4.69) is 5.32 Å². The standard InChI is InChI=1S/C28H31ClN2O3/c1-21-10-16-25(17-11-21)34-18-6-9-27(32)31(20-23-12-14-24(29)15-13-23)26(28(33)30-2)19-22-7-4-3-5-8-22/h3-5,7-8,10-17,26H,6,9,18-20H2,1-2H3,(H,30,33)/t26-/m0/s1. The molecule has 0 saturated carbocycles. The number of aryl methyl sites for hydroxylation is 1. The van der Waals surface area contributed by atoms with Gasteiger partial charge in [-0.15, -0.1) is 0 Å². The molecule has 0 radical (unpaired) electrons. The second kappa shape index (κ2) is 12.8. The first kappa shape index (κ1) is 25.3. The van der Waals surface area contributed by atoms with Crippen LogP contribution in [0.15, 0.2) is 78.9 Å². The Labute approximate surface area is 206 Å². The van der Waals surface area contributed by atoms with E-state index in [1.54, 1.807) is 24.1 Å². The van der Waals surface area contributed by atoms with Crippen LogP contribution in [0.3, 0.4) is 0 Å². The van der Waals surface area contributed by atoms with Crippen LogP contribution in [0.5, 0.6) is 5.75 Å². The van der Waals surface area contributed by atoms with Gasteiger partial charge in [-0.2, -0.15) is 0 Å². The normalized spacial score (nSPS) is 11.5. The van der Waals surface area contributed by atoms with Gasteiger partial charge in [-0.25, -0.2) is 0 Å². The van der Waals surface area contributed by atoms with Gasteiger partial charge in [0.2, 0.25) is 11.8 Å². The number of ether oxygens (including phenoxy) is 1. The highest BCUT2D eigenvalue weighted by Gasteiger charge is 2.29. The Balaban J connectivity index is 1.73. The first-order chi connectivity index (χ1) is 16.5. The van der Waals surface area contributed by atoms with E-state index < -0.39 is 6.04 Å². The van der Waals surface area contributed by atoms with Crippen LogP contribution in [0, 0.1) is 6.92 Å². The fraction of sp³-hybridized carbons (Fsp3) is 0.286. The Bertz CT molecular complexity index is 1050. The van der Waals surface area contributed by atoms with Gasteiger partial charge in [-0.05, 0) is 48.7 Å². The highest BCUT2D eigenvalue weighted by molar-refractivity contribution is 6.30. The number of halogens is 1. The van der Waals surface area contributed by atoms with Crippen molar-refractivity contribution in [3.63, 3.8) is 0 Å². The number of carbonyl (C=O) groups is 2. The molecule has 5 nitrogen and oxygen atoms in total. The monoisotopic (exact) mass is 478 g/mol. The molecule has 0 heterocycles. The van der Waals surface area contributed by atoms with E-state index in [9.17, 15) is 9.59 Å². The minimum atomic E-state index is -0.631. The topological polar surface area (TPSA) is 58.6 Å². The van der Waals surface area contributed by atoms with Gasteiger partial charge in [-0.3, -0.25) is 9.59 Å². The number of amides is 2. The van der Waals surface area contributed by atoms with E-state index in [1.807, 2.05) is 73.7 Å².